The third-order valence-corrected chi connectivity index (χ3v) is 4.14. The standard InChI is InChI=1S/C17H26OS/c1-3-4-5-6-7-8-9-16(18)14-19-17-12-10-15(2)11-13-17/h8-13,16,18H,3-7,14H2,1-2H3/b9-8-/t16-/m0/s1. The summed E-state index contributed by atoms with van der Waals surface area (Å²) >= 11 is 1.71. The molecule has 0 aromatic heterocycles. The lowest BCUT2D eigenvalue weighted by atomic mass is 10.1. The lowest BCUT2D eigenvalue weighted by molar-refractivity contribution is 0.248. The fourth-order valence-corrected chi connectivity index (χ4v) is 2.62. The zero-order valence-corrected chi connectivity index (χ0v) is 13.0. The first-order chi connectivity index (χ1) is 9.22. The highest BCUT2D eigenvalue weighted by Crippen LogP contribution is 2.19. The van der Waals surface area contributed by atoms with E-state index in [9.17, 15) is 5.11 Å². The van der Waals surface area contributed by atoms with E-state index in [1.165, 1.54) is 36.1 Å². The van der Waals surface area contributed by atoms with Gasteiger partial charge in [0.2, 0.25) is 0 Å². The zero-order valence-electron chi connectivity index (χ0n) is 12.1. The van der Waals surface area contributed by atoms with Crippen LogP contribution in [-0.2, 0) is 0 Å². The van der Waals surface area contributed by atoms with E-state index in [-0.39, 0.29) is 6.10 Å². The first kappa shape index (κ1) is 16.3. The molecular formula is C17H26OS. The summed E-state index contributed by atoms with van der Waals surface area (Å²) in [4.78, 5) is 1.22. The molecular weight excluding hydrogens is 252 g/mol. The Morgan fingerprint density at radius 3 is 2.58 bits per heavy atom. The Kier molecular flexibility index (Phi) is 8.68. The Bertz CT molecular complexity index is 356. The molecule has 0 aliphatic carbocycles. The summed E-state index contributed by atoms with van der Waals surface area (Å²) in [6.45, 7) is 4.31. The summed E-state index contributed by atoms with van der Waals surface area (Å²) in [5.74, 6) is 0.731. The zero-order chi connectivity index (χ0) is 13.9. The van der Waals surface area contributed by atoms with Gasteiger partial charge in [-0.25, -0.2) is 0 Å². The van der Waals surface area contributed by atoms with Gasteiger partial charge in [-0.3, -0.25) is 0 Å². The predicted molar refractivity (Wildman–Crippen MR) is 85.8 cm³/mol. The second-order valence-electron chi connectivity index (χ2n) is 4.97. The number of hydrogen-bond acceptors (Lipinski definition) is 2. The van der Waals surface area contributed by atoms with Crippen LogP contribution in [0.15, 0.2) is 41.3 Å². The molecule has 0 bridgehead atoms. The predicted octanol–water partition coefficient (Wildman–Crippen LogP) is 4.97. The third kappa shape index (κ3) is 8.12. The van der Waals surface area contributed by atoms with Gasteiger partial charge >= 0.3 is 0 Å². The molecule has 106 valence electrons. The molecule has 0 radical (unpaired) electrons. The highest BCUT2D eigenvalue weighted by Gasteiger charge is 2.00. The molecule has 0 amide bonds. The van der Waals surface area contributed by atoms with Gasteiger partial charge in [0.25, 0.3) is 0 Å². The van der Waals surface area contributed by atoms with Gasteiger partial charge < -0.3 is 5.11 Å². The highest BCUT2D eigenvalue weighted by atomic mass is 32.2. The van der Waals surface area contributed by atoms with Crippen LogP contribution in [-0.4, -0.2) is 17.0 Å². The van der Waals surface area contributed by atoms with Crippen LogP contribution in [0.25, 0.3) is 0 Å². The molecule has 0 saturated heterocycles. The van der Waals surface area contributed by atoms with Gasteiger partial charge in [-0.1, -0.05) is 56.0 Å². The number of aliphatic hydroxyl groups excluding tert-OH is 1. The molecule has 0 fully saturated rings. The van der Waals surface area contributed by atoms with Gasteiger partial charge in [-0.05, 0) is 31.9 Å². The lowest BCUT2D eigenvalue weighted by Crippen LogP contribution is -2.05. The van der Waals surface area contributed by atoms with E-state index in [1.54, 1.807) is 11.8 Å². The van der Waals surface area contributed by atoms with E-state index in [2.05, 4.69) is 44.2 Å². The van der Waals surface area contributed by atoms with Crippen molar-refractivity contribution < 1.29 is 5.11 Å². The molecule has 0 unspecified atom stereocenters. The number of thioether (sulfide) groups is 1. The second-order valence-corrected chi connectivity index (χ2v) is 6.06. The van der Waals surface area contributed by atoms with E-state index in [1.807, 2.05) is 6.08 Å². The second kappa shape index (κ2) is 10.1. The largest absolute Gasteiger partial charge is 0.388 e. The van der Waals surface area contributed by atoms with E-state index in [0.29, 0.717) is 0 Å². The van der Waals surface area contributed by atoms with Crippen molar-refractivity contribution in [3.05, 3.63) is 42.0 Å². The quantitative estimate of drug-likeness (QED) is 0.391. The topological polar surface area (TPSA) is 20.2 Å². The van der Waals surface area contributed by atoms with Crippen LogP contribution in [0.1, 0.15) is 44.6 Å². The molecule has 19 heavy (non-hydrogen) atoms. The van der Waals surface area contributed by atoms with Crippen molar-refractivity contribution in [1.82, 2.24) is 0 Å². The summed E-state index contributed by atoms with van der Waals surface area (Å²) in [6, 6.07) is 8.44. The maximum atomic E-state index is 9.86. The number of aliphatic hydroxyl groups is 1. The van der Waals surface area contributed by atoms with Crippen molar-refractivity contribution in [2.75, 3.05) is 5.75 Å². The van der Waals surface area contributed by atoms with E-state index < -0.39 is 0 Å². The van der Waals surface area contributed by atoms with Crippen molar-refractivity contribution in [2.45, 2.75) is 57.0 Å². The molecule has 0 aliphatic heterocycles. The molecule has 1 nitrogen and oxygen atoms in total. The minimum Gasteiger partial charge on any atom is -0.388 e. The average Bonchev–Trinajstić information content (AvgIpc) is 2.42. The maximum absolute atomic E-state index is 9.86. The van der Waals surface area contributed by atoms with E-state index >= 15 is 0 Å². The molecule has 0 saturated carbocycles. The van der Waals surface area contributed by atoms with Gasteiger partial charge in [0.05, 0.1) is 6.10 Å². The van der Waals surface area contributed by atoms with Crippen LogP contribution in [0.5, 0.6) is 0 Å². The molecule has 1 N–H and O–H groups in total. The summed E-state index contributed by atoms with van der Waals surface area (Å²) < 4.78 is 0. The summed E-state index contributed by atoms with van der Waals surface area (Å²) in [5.41, 5.74) is 1.27. The molecule has 2 heteroatoms. The van der Waals surface area contributed by atoms with Crippen molar-refractivity contribution in [3.8, 4) is 0 Å². The molecule has 1 aromatic carbocycles. The first-order valence-electron chi connectivity index (χ1n) is 7.26. The highest BCUT2D eigenvalue weighted by molar-refractivity contribution is 7.99. The number of aryl methyl sites for hydroxylation is 1. The van der Waals surface area contributed by atoms with E-state index in [4.69, 9.17) is 0 Å². The van der Waals surface area contributed by atoms with Gasteiger partial charge in [-0.15, -0.1) is 11.8 Å². The van der Waals surface area contributed by atoms with Crippen LogP contribution in [0.2, 0.25) is 0 Å². The minimum atomic E-state index is -0.336. The summed E-state index contributed by atoms with van der Waals surface area (Å²) in [7, 11) is 0. The van der Waals surface area contributed by atoms with Crippen molar-refractivity contribution in [3.63, 3.8) is 0 Å². The Labute approximate surface area is 122 Å². The van der Waals surface area contributed by atoms with Crippen molar-refractivity contribution >= 4 is 11.8 Å². The molecule has 1 atom stereocenters. The SMILES string of the molecule is CCCCCC/C=C\[C@H](O)CSc1ccc(C)cc1. The summed E-state index contributed by atoms with van der Waals surface area (Å²) in [5, 5.41) is 9.86. The number of benzene rings is 1. The number of hydrogen-bond donors (Lipinski definition) is 1. The Balaban J connectivity index is 2.15. The lowest BCUT2D eigenvalue weighted by Gasteiger charge is -2.05. The summed E-state index contributed by atoms with van der Waals surface area (Å²) in [6.07, 6.45) is 9.95. The van der Waals surface area contributed by atoms with Crippen LogP contribution >= 0.6 is 11.8 Å². The Morgan fingerprint density at radius 2 is 1.89 bits per heavy atom. The van der Waals surface area contributed by atoms with E-state index in [0.717, 1.165) is 12.2 Å². The van der Waals surface area contributed by atoms with Crippen LogP contribution in [0.4, 0.5) is 0 Å². The van der Waals surface area contributed by atoms with Crippen molar-refractivity contribution in [1.29, 1.82) is 0 Å². The van der Waals surface area contributed by atoms with Crippen LogP contribution in [0, 0.1) is 6.92 Å². The normalized spacial score (nSPS) is 13.0. The number of rotatable bonds is 9. The number of allylic oxidation sites excluding steroid dienone is 1. The third-order valence-electron chi connectivity index (χ3n) is 3.02. The monoisotopic (exact) mass is 278 g/mol. The van der Waals surface area contributed by atoms with Crippen LogP contribution < -0.4 is 0 Å². The fraction of sp³-hybridized carbons (Fsp3) is 0.529. The van der Waals surface area contributed by atoms with Gasteiger partial charge in [0, 0.05) is 10.6 Å². The smallest absolute Gasteiger partial charge is 0.0814 e. The molecule has 0 spiro atoms. The van der Waals surface area contributed by atoms with Crippen molar-refractivity contribution in [2.24, 2.45) is 0 Å². The molecule has 1 aromatic rings. The van der Waals surface area contributed by atoms with Crippen LogP contribution in [0.3, 0.4) is 0 Å². The van der Waals surface area contributed by atoms with Gasteiger partial charge in [-0.2, -0.15) is 0 Å². The van der Waals surface area contributed by atoms with Gasteiger partial charge in [0.15, 0.2) is 0 Å². The fourth-order valence-electron chi connectivity index (χ4n) is 1.81. The van der Waals surface area contributed by atoms with Gasteiger partial charge in [0.1, 0.15) is 0 Å². The molecule has 0 heterocycles. The Hall–Kier alpha value is -0.730. The Morgan fingerprint density at radius 1 is 1.16 bits per heavy atom. The molecule has 1 rings (SSSR count). The number of unbranched alkanes of at least 4 members (excludes halogenated alkanes) is 4. The average molecular weight is 278 g/mol. The maximum Gasteiger partial charge on any atom is 0.0814 e. The first-order valence-corrected chi connectivity index (χ1v) is 8.25. The molecule has 0 aliphatic rings. The minimum absolute atomic E-state index is 0.336.